The lowest BCUT2D eigenvalue weighted by Gasteiger charge is -2.14. The molecule has 1 aromatic rings. The molecule has 0 spiro atoms. The lowest BCUT2D eigenvalue weighted by Crippen LogP contribution is -2.22. The maximum atomic E-state index is 11.8. The zero-order chi connectivity index (χ0) is 12.4. The Morgan fingerprint density at radius 2 is 2.44 bits per heavy atom. The van der Waals surface area contributed by atoms with Gasteiger partial charge in [-0.2, -0.15) is 0 Å². The Labute approximate surface area is 108 Å². The predicted octanol–water partition coefficient (Wildman–Crippen LogP) is 0.615. The summed E-state index contributed by atoms with van der Waals surface area (Å²) in [6, 6.07) is 0. The van der Waals surface area contributed by atoms with E-state index < -0.39 is 0 Å². The van der Waals surface area contributed by atoms with Gasteiger partial charge in [-0.3, -0.25) is 10.1 Å². The van der Waals surface area contributed by atoms with E-state index in [0.29, 0.717) is 18.3 Å². The number of hydrogen-bond donors (Lipinski definition) is 2. The first kappa shape index (κ1) is 11.5. The van der Waals surface area contributed by atoms with Crippen molar-refractivity contribution in [3.8, 4) is 0 Å². The fourth-order valence-electron chi connectivity index (χ4n) is 1.83. The van der Waals surface area contributed by atoms with E-state index in [2.05, 4.69) is 15.6 Å². The highest BCUT2D eigenvalue weighted by molar-refractivity contribution is 7.15. The monoisotopic (exact) mass is 267 g/mol. The SMILES string of the molecule is O=C(Nc1nc2c(s1)CNCC2)C1=COCCO1. The van der Waals surface area contributed by atoms with E-state index in [-0.39, 0.29) is 11.7 Å². The van der Waals surface area contributed by atoms with E-state index in [0.717, 1.165) is 25.2 Å². The van der Waals surface area contributed by atoms with Gasteiger partial charge >= 0.3 is 0 Å². The number of fused-ring (bicyclic) bond motifs is 1. The van der Waals surface area contributed by atoms with Crippen molar-refractivity contribution in [3.05, 3.63) is 22.6 Å². The van der Waals surface area contributed by atoms with Crippen molar-refractivity contribution < 1.29 is 14.3 Å². The number of amides is 1. The van der Waals surface area contributed by atoms with Crippen molar-refractivity contribution in [2.24, 2.45) is 0 Å². The average Bonchev–Trinajstić information content (AvgIpc) is 2.82. The van der Waals surface area contributed by atoms with E-state index in [4.69, 9.17) is 9.47 Å². The highest BCUT2D eigenvalue weighted by Crippen LogP contribution is 2.25. The molecule has 0 aromatic carbocycles. The summed E-state index contributed by atoms with van der Waals surface area (Å²) in [6.07, 6.45) is 2.25. The first-order valence-corrected chi connectivity index (χ1v) is 6.60. The van der Waals surface area contributed by atoms with Gasteiger partial charge in [0.15, 0.2) is 5.13 Å². The molecule has 7 heteroatoms. The molecule has 0 saturated carbocycles. The van der Waals surface area contributed by atoms with Crippen molar-refractivity contribution in [3.63, 3.8) is 0 Å². The zero-order valence-electron chi connectivity index (χ0n) is 9.69. The first-order valence-electron chi connectivity index (χ1n) is 5.78. The highest BCUT2D eigenvalue weighted by atomic mass is 32.1. The number of carbonyl (C=O) groups excluding carboxylic acids is 1. The Morgan fingerprint density at radius 3 is 3.22 bits per heavy atom. The molecule has 3 rings (SSSR count). The molecule has 0 radical (unpaired) electrons. The third-order valence-electron chi connectivity index (χ3n) is 2.70. The van der Waals surface area contributed by atoms with Crippen LogP contribution in [0.2, 0.25) is 0 Å². The maximum Gasteiger partial charge on any atom is 0.295 e. The number of ether oxygens (including phenoxy) is 2. The highest BCUT2D eigenvalue weighted by Gasteiger charge is 2.19. The molecule has 1 amide bonds. The van der Waals surface area contributed by atoms with Gasteiger partial charge in [0.1, 0.15) is 19.5 Å². The molecule has 2 aliphatic rings. The molecule has 0 saturated heterocycles. The van der Waals surface area contributed by atoms with Crippen LogP contribution in [0.25, 0.3) is 0 Å². The number of hydrogen-bond acceptors (Lipinski definition) is 6. The Hall–Kier alpha value is -1.60. The van der Waals surface area contributed by atoms with Crippen LogP contribution in [0.4, 0.5) is 5.13 Å². The Kier molecular flexibility index (Phi) is 3.16. The van der Waals surface area contributed by atoms with Crippen LogP contribution in [-0.4, -0.2) is 30.6 Å². The molecule has 1 aromatic heterocycles. The van der Waals surface area contributed by atoms with Crippen molar-refractivity contribution in [2.75, 3.05) is 25.1 Å². The van der Waals surface area contributed by atoms with Crippen LogP contribution in [0.3, 0.4) is 0 Å². The molecule has 18 heavy (non-hydrogen) atoms. The van der Waals surface area contributed by atoms with Crippen LogP contribution in [0, 0.1) is 0 Å². The fourth-order valence-corrected chi connectivity index (χ4v) is 2.80. The quantitative estimate of drug-likeness (QED) is 0.821. The second kappa shape index (κ2) is 4.95. The van der Waals surface area contributed by atoms with Crippen molar-refractivity contribution in [1.29, 1.82) is 0 Å². The van der Waals surface area contributed by atoms with Gasteiger partial charge in [0.05, 0.1) is 5.69 Å². The maximum absolute atomic E-state index is 11.8. The normalized spacial score (nSPS) is 18.1. The van der Waals surface area contributed by atoms with E-state index in [1.165, 1.54) is 22.5 Å². The standard InChI is InChI=1S/C11H13N3O3S/c15-10(8-6-16-3-4-17-8)14-11-13-7-1-2-12-5-9(7)18-11/h6,12H,1-5H2,(H,13,14,15). The number of carbonyl (C=O) groups is 1. The molecule has 0 aliphatic carbocycles. The summed E-state index contributed by atoms with van der Waals surface area (Å²) in [5, 5.41) is 6.62. The number of thiazole rings is 1. The van der Waals surface area contributed by atoms with Crippen LogP contribution in [0.1, 0.15) is 10.6 Å². The van der Waals surface area contributed by atoms with E-state index in [1.807, 2.05) is 0 Å². The smallest absolute Gasteiger partial charge is 0.295 e. The second-order valence-electron chi connectivity index (χ2n) is 3.97. The molecule has 2 aliphatic heterocycles. The summed E-state index contributed by atoms with van der Waals surface area (Å²) in [6.45, 7) is 2.64. The molecule has 0 fully saturated rings. The summed E-state index contributed by atoms with van der Waals surface area (Å²) in [4.78, 5) is 17.4. The lowest BCUT2D eigenvalue weighted by molar-refractivity contribution is -0.117. The average molecular weight is 267 g/mol. The molecule has 0 atom stereocenters. The summed E-state index contributed by atoms with van der Waals surface area (Å²) in [5.41, 5.74) is 1.07. The molecule has 0 bridgehead atoms. The molecule has 3 heterocycles. The van der Waals surface area contributed by atoms with Gasteiger partial charge < -0.3 is 14.8 Å². The topological polar surface area (TPSA) is 72.5 Å². The molecule has 2 N–H and O–H groups in total. The minimum absolute atomic E-state index is 0.201. The lowest BCUT2D eigenvalue weighted by atomic mass is 10.2. The van der Waals surface area contributed by atoms with Crippen LogP contribution in [0.5, 0.6) is 0 Å². The van der Waals surface area contributed by atoms with Gasteiger partial charge in [-0.25, -0.2) is 4.98 Å². The third-order valence-corrected chi connectivity index (χ3v) is 3.71. The number of aromatic nitrogens is 1. The fraction of sp³-hybridized carbons (Fsp3) is 0.455. The van der Waals surface area contributed by atoms with E-state index in [9.17, 15) is 4.79 Å². The van der Waals surface area contributed by atoms with E-state index in [1.54, 1.807) is 0 Å². The molecular weight excluding hydrogens is 254 g/mol. The molecule has 0 unspecified atom stereocenters. The van der Waals surface area contributed by atoms with Gasteiger partial charge in [-0.1, -0.05) is 0 Å². The van der Waals surface area contributed by atoms with Gasteiger partial charge in [-0.15, -0.1) is 11.3 Å². The van der Waals surface area contributed by atoms with Crippen molar-refractivity contribution in [1.82, 2.24) is 10.3 Å². The van der Waals surface area contributed by atoms with Gasteiger partial charge in [0, 0.05) is 24.4 Å². The van der Waals surface area contributed by atoms with Crippen molar-refractivity contribution >= 4 is 22.4 Å². The number of rotatable bonds is 2. The summed E-state index contributed by atoms with van der Waals surface area (Å²) in [5.74, 6) is -0.110. The van der Waals surface area contributed by atoms with Crippen LogP contribution < -0.4 is 10.6 Å². The number of nitrogens with one attached hydrogen (secondary N) is 2. The third kappa shape index (κ3) is 2.32. The largest absolute Gasteiger partial charge is 0.494 e. The van der Waals surface area contributed by atoms with Crippen LogP contribution >= 0.6 is 11.3 Å². The first-order chi connectivity index (χ1) is 8.83. The minimum atomic E-state index is -0.311. The van der Waals surface area contributed by atoms with Gasteiger partial charge in [0.2, 0.25) is 5.76 Å². The number of nitrogens with zero attached hydrogens (tertiary/aromatic N) is 1. The van der Waals surface area contributed by atoms with Gasteiger partial charge in [-0.05, 0) is 0 Å². The van der Waals surface area contributed by atoms with E-state index >= 15 is 0 Å². The molecule has 96 valence electrons. The Morgan fingerprint density at radius 1 is 1.50 bits per heavy atom. The Bertz CT molecular complexity index is 474. The van der Waals surface area contributed by atoms with Crippen LogP contribution in [0.15, 0.2) is 12.0 Å². The van der Waals surface area contributed by atoms with Gasteiger partial charge in [0.25, 0.3) is 5.91 Å². The summed E-state index contributed by atoms with van der Waals surface area (Å²) < 4.78 is 10.2. The van der Waals surface area contributed by atoms with Crippen molar-refractivity contribution in [2.45, 2.75) is 13.0 Å². The molecular formula is C11H13N3O3S. The Balaban J connectivity index is 1.70. The minimum Gasteiger partial charge on any atom is -0.494 e. The van der Waals surface area contributed by atoms with Crippen LogP contribution in [-0.2, 0) is 27.2 Å². The summed E-state index contributed by atoms with van der Waals surface area (Å²) in [7, 11) is 0. The second-order valence-corrected chi connectivity index (χ2v) is 5.05. The molecule has 6 nitrogen and oxygen atoms in total. The number of anilines is 1. The predicted molar refractivity (Wildman–Crippen MR) is 66.1 cm³/mol. The zero-order valence-corrected chi connectivity index (χ0v) is 10.5. The summed E-state index contributed by atoms with van der Waals surface area (Å²) >= 11 is 1.50.